The van der Waals surface area contributed by atoms with Gasteiger partial charge in [0.25, 0.3) is 0 Å². The molecule has 0 fully saturated rings. The molecule has 114 valence electrons. The van der Waals surface area contributed by atoms with Crippen LogP contribution in [0, 0.1) is 6.92 Å². The molecule has 2 rings (SSSR count). The van der Waals surface area contributed by atoms with Crippen molar-refractivity contribution in [1.29, 1.82) is 0 Å². The Morgan fingerprint density at radius 1 is 1.38 bits per heavy atom. The molecule has 0 radical (unpaired) electrons. The number of benzene rings is 1. The lowest BCUT2D eigenvalue weighted by atomic mass is 10.1. The predicted octanol–water partition coefficient (Wildman–Crippen LogP) is 4.10. The molecule has 0 spiro atoms. The van der Waals surface area contributed by atoms with Crippen LogP contribution >= 0.6 is 27.7 Å². The zero-order valence-electron chi connectivity index (χ0n) is 12.9. The topological polar surface area (TPSA) is 42.7 Å². The number of halogens is 1. The third-order valence-corrected chi connectivity index (χ3v) is 5.12. The number of aromatic nitrogens is 3. The van der Waals surface area contributed by atoms with E-state index in [1.54, 1.807) is 11.8 Å². The minimum atomic E-state index is 0.343. The number of nitrogens with zero attached hydrogens (tertiary/aromatic N) is 3. The van der Waals surface area contributed by atoms with Gasteiger partial charge in [-0.1, -0.05) is 28.9 Å². The second-order valence-corrected chi connectivity index (χ2v) is 6.95. The highest BCUT2D eigenvalue weighted by atomic mass is 79.9. The van der Waals surface area contributed by atoms with Gasteiger partial charge in [0.1, 0.15) is 5.82 Å². The summed E-state index contributed by atoms with van der Waals surface area (Å²) in [5, 5.41) is 12.7. The van der Waals surface area contributed by atoms with Crippen molar-refractivity contribution in [1.82, 2.24) is 20.1 Å². The Morgan fingerprint density at radius 2 is 2.14 bits per heavy atom. The van der Waals surface area contributed by atoms with Gasteiger partial charge in [0.05, 0.1) is 0 Å². The Morgan fingerprint density at radius 3 is 2.71 bits per heavy atom. The molecule has 1 heterocycles. The van der Waals surface area contributed by atoms with Crippen LogP contribution in [-0.4, -0.2) is 21.3 Å². The predicted molar refractivity (Wildman–Crippen MR) is 90.7 cm³/mol. The van der Waals surface area contributed by atoms with Gasteiger partial charge in [0, 0.05) is 22.5 Å². The van der Waals surface area contributed by atoms with Crippen molar-refractivity contribution in [3.63, 3.8) is 0 Å². The van der Waals surface area contributed by atoms with Crippen LogP contribution in [0.15, 0.2) is 32.7 Å². The molecule has 21 heavy (non-hydrogen) atoms. The summed E-state index contributed by atoms with van der Waals surface area (Å²) in [6.07, 6.45) is 1.14. The van der Waals surface area contributed by atoms with Gasteiger partial charge in [-0.2, -0.15) is 0 Å². The lowest BCUT2D eigenvalue weighted by molar-refractivity contribution is 0.568. The summed E-state index contributed by atoms with van der Waals surface area (Å²) in [5.41, 5.74) is 1.28. The molecule has 1 aromatic heterocycles. The molecule has 0 aliphatic carbocycles. The Labute approximate surface area is 138 Å². The fraction of sp³-hybridized carbons (Fsp3) is 0.467. The van der Waals surface area contributed by atoms with Crippen LogP contribution < -0.4 is 5.32 Å². The molecule has 6 heteroatoms. The maximum absolute atomic E-state index is 4.19. The van der Waals surface area contributed by atoms with E-state index in [0.29, 0.717) is 6.04 Å². The normalized spacial score (nSPS) is 12.6. The van der Waals surface area contributed by atoms with E-state index in [-0.39, 0.29) is 0 Å². The van der Waals surface area contributed by atoms with E-state index in [2.05, 4.69) is 63.5 Å². The lowest BCUT2D eigenvalue weighted by Gasteiger charge is -2.16. The first kappa shape index (κ1) is 16.5. The maximum Gasteiger partial charge on any atom is 0.195 e. The van der Waals surface area contributed by atoms with E-state index in [0.717, 1.165) is 33.3 Å². The highest BCUT2D eigenvalue weighted by Gasteiger charge is 2.11. The van der Waals surface area contributed by atoms with Gasteiger partial charge < -0.3 is 9.88 Å². The first-order chi connectivity index (χ1) is 10.0. The van der Waals surface area contributed by atoms with E-state index in [1.165, 1.54) is 5.56 Å². The van der Waals surface area contributed by atoms with E-state index in [1.807, 2.05) is 18.5 Å². The first-order valence-corrected chi connectivity index (χ1v) is 8.70. The van der Waals surface area contributed by atoms with Gasteiger partial charge in [-0.25, -0.2) is 0 Å². The molecule has 0 saturated heterocycles. The highest BCUT2D eigenvalue weighted by molar-refractivity contribution is 9.10. The van der Waals surface area contributed by atoms with E-state index in [4.69, 9.17) is 0 Å². The maximum atomic E-state index is 4.19. The van der Waals surface area contributed by atoms with Gasteiger partial charge in [-0.3, -0.25) is 0 Å². The van der Waals surface area contributed by atoms with Crippen LogP contribution in [0.3, 0.4) is 0 Å². The molecule has 0 aliphatic rings. The van der Waals surface area contributed by atoms with E-state index < -0.39 is 0 Å². The molecule has 0 amide bonds. The number of nitrogens with one attached hydrogen (secondary N) is 1. The fourth-order valence-corrected chi connectivity index (χ4v) is 3.72. The minimum Gasteiger partial charge on any atom is -0.310 e. The summed E-state index contributed by atoms with van der Waals surface area (Å²) in [4.78, 5) is 1.16. The summed E-state index contributed by atoms with van der Waals surface area (Å²) in [6.45, 7) is 7.35. The van der Waals surface area contributed by atoms with Crippen LogP contribution in [0.5, 0.6) is 0 Å². The van der Waals surface area contributed by atoms with Crippen LogP contribution in [-0.2, 0) is 7.05 Å². The average Bonchev–Trinajstić information content (AvgIpc) is 2.77. The monoisotopic (exact) mass is 368 g/mol. The molecular weight excluding hydrogens is 348 g/mol. The van der Waals surface area contributed by atoms with Crippen molar-refractivity contribution in [2.24, 2.45) is 7.05 Å². The molecule has 0 aliphatic heterocycles. The molecule has 0 bridgehead atoms. The lowest BCUT2D eigenvalue weighted by Crippen LogP contribution is -2.19. The summed E-state index contributed by atoms with van der Waals surface area (Å²) in [5.74, 6) is 0.922. The fourth-order valence-electron chi connectivity index (χ4n) is 1.98. The standard InChI is InChI=1S/C15H21BrN4S/c1-5-8-17-10(2)13-7-6-12(9-14(13)16)21-15-19-18-11(3)20(15)4/h6-7,9-10,17H,5,8H2,1-4H3. The average molecular weight is 369 g/mol. The molecule has 4 nitrogen and oxygen atoms in total. The Kier molecular flexibility index (Phi) is 5.84. The van der Waals surface area contributed by atoms with E-state index in [9.17, 15) is 0 Å². The van der Waals surface area contributed by atoms with E-state index >= 15 is 0 Å². The molecule has 2 aromatic rings. The van der Waals surface area contributed by atoms with Gasteiger partial charge in [-0.15, -0.1) is 10.2 Å². The molecule has 0 saturated carbocycles. The number of aryl methyl sites for hydroxylation is 1. The number of rotatable bonds is 6. The van der Waals surface area contributed by atoms with Crippen molar-refractivity contribution < 1.29 is 0 Å². The van der Waals surface area contributed by atoms with Crippen LogP contribution in [0.1, 0.15) is 37.7 Å². The smallest absolute Gasteiger partial charge is 0.195 e. The van der Waals surface area contributed by atoms with Gasteiger partial charge in [0.15, 0.2) is 5.16 Å². The van der Waals surface area contributed by atoms with Gasteiger partial charge in [-0.05, 0) is 56.3 Å². The Balaban J connectivity index is 2.13. The zero-order chi connectivity index (χ0) is 15.4. The molecule has 1 aromatic carbocycles. The Bertz CT molecular complexity index is 612. The summed E-state index contributed by atoms with van der Waals surface area (Å²) >= 11 is 5.31. The number of hydrogen-bond donors (Lipinski definition) is 1. The minimum absolute atomic E-state index is 0.343. The Hall–Kier alpha value is -0.850. The quantitative estimate of drug-likeness (QED) is 0.833. The van der Waals surface area contributed by atoms with Crippen molar-refractivity contribution >= 4 is 27.7 Å². The van der Waals surface area contributed by atoms with Crippen LogP contribution in [0.2, 0.25) is 0 Å². The van der Waals surface area contributed by atoms with Crippen molar-refractivity contribution in [2.45, 2.75) is 43.3 Å². The second-order valence-electron chi connectivity index (χ2n) is 5.05. The van der Waals surface area contributed by atoms with Crippen molar-refractivity contribution in [2.75, 3.05) is 6.54 Å². The molecule has 1 atom stereocenters. The zero-order valence-corrected chi connectivity index (χ0v) is 15.3. The summed E-state index contributed by atoms with van der Waals surface area (Å²) in [6, 6.07) is 6.80. The molecule has 1 unspecified atom stereocenters. The third-order valence-electron chi connectivity index (χ3n) is 3.40. The van der Waals surface area contributed by atoms with Crippen LogP contribution in [0.25, 0.3) is 0 Å². The highest BCUT2D eigenvalue weighted by Crippen LogP contribution is 2.32. The molecule has 1 N–H and O–H groups in total. The van der Waals surface area contributed by atoms with Crippen molar-refractivity contribution in [3.8, 4) is 0 Å². The van der Waals surface area contributed by atoms with Crippen molar-refractivity contribution in [3.05, 3.63) is 34.1 Å². The summed E-state index contributed by atoms with van der Waals surface area (Å²) in [7, 11) is 1.98. The largest absolute Gasteiger partial charge is 0.310 e. The van der Waals surface area contributed by atoms with Crippen LogP contribution in [0.4, 0.5) is 0 Å². The third kappa shape index (κ3) is 4.08. The second kappa shape index (κ2) is 7.42. The number of hydrogen-bond acceptors (Lipinski definition) is 4. The van der Waals surface area contributed by atoms with Gasteiger partial charge >= 0.3 is 0 Å². The molecular formula is C15H21BrN4S. The SMILES string of the molecule is CCCNC(C)c1ccc(Sc2nnc(C)n2C)cc1Br. The summed E-state index contributed by atoms with van der Waals surface area (Å²) < 4.78 is 3.13. The van der Waals surface area contributed by atoms with Gasteiger partial charge in [0.2, 0.25) is 0 Å². The first-order valence-electron chi connectivity index (χ1n) is 7.09.